The van der Waals surface area contributed by atoms with Gasteiger partial charge in [-0.1, -0.05) is 0 Å². The molecule has 0 aliphatic rings. The lowest BCUT2D eigenvalue weighted by atomic mass is 10.0. The van der Waals surface area contributed by atoms with Crippen molar-refractivity contribution in [2.45, 2.75) is 19.4 Å². The molecular formula is C11H17FN4O. The quantitative estimate of drug-likeness (QED) is 0.481. The molecule has 2 N–H and O–H groups in total. The molecule has 17 heavy (non-hydrogen) atoms. The van der Waals surface area contributed by atoms with Gasteiger partial charge in [0.15, 0.2) is 0 Å². The number of halogens is 1. The fourth-order valence-corrected chi connectivity index (χ4v) is 1.10. The van der Waals surface area contributed by atoms with E-state index >= 15 is 0 Å². The first-order valence-electron chi connectivity index (χ1n) is 5.15. The monoisotopic (exact) mass is 240 g/mol. The molecule has 0 saturated carbocycles. The Bertz CT molecular complexity index is 402. The van der Waals surface area contributed by atoms with Crippen molar-refractivity contribution in [2.75, 3.05) is 19.1 Å². The minimum Gasteiger partial charge on any atom is -0.296 e. The van der Waals surface area contributed by atoms with Crippen molar-refractivity contribution in [3.05, 3.63) is 24.1 Å². The van der Waals surface area contributed by atoms with Gasteiger partial charge in [-0.3, -0.25) is 9.69 Å². The molecule has 0 radical (unpaired) electrons. The molecule has 6 heteroatoms. The maximum Gasteiger partial charge on any atom is 0.262 e. The third-order valence-electron chi connectivity index (χ3n) is 2.82. The topological polar surface area (TPSA) is 62.5 Å². The minimum absolute atomic E-state index is 0.214. The highest BCUT2D eigenvalue weighted by atomic mass is 19.1. The van der Waals surface area contributed by atoms with Gasteiger partial charge in [0.25, 0.3) is 5.91 Å². The summed E-state index contributed by atoms with van der Waals surface area (Å²) in [6.07, 6.45) is 1.02. The van der Waals surface area contributed by atoms with Gasteiger partial charge >= 0.3 is 0 Å². The second kappa shape index (κ2) is 4.77. The van der Waals surface area contributed by atoms with Crippen LogP contribution in [0.2, 0.25) is 0 Å². The predicted octanol–water partition coefficient (Wildman–Crippen LogP) is 0.768. The molecule has 0 unspecified atom stereocenters. The van der Waals surface area contributed by atoms with E-state index in [1.807, 2.05) is 0 Å². The lowest BCUT2D eigenvalue weighted by Gasteiger charge is -2.33. The van der Waals surface area contributed by atoms with Crippen LogP contribution in [0, 0.1) is 5.82 Å². The van der Waals surface area contributed by atoms with Crippen LogP contribution in [-0.4, -0.2) is 35.4 Å². The molecule has 5 nitrogen and oxygen atoms in total. The van der Waals surface area contributed by atoms with Crippen LogP contribution in [0.15, 0.2) is 18.3 Å². The average Bonchev–Trinajstić information content (AvgIpc) is 2.27. The van der Waals surface area contributed by atoms with Crippen molar-refractivity contribution in [1.82, 2.24) is 9.88 Å². The highest BCUT2D eigenvalue weighted by Crippen LogP contribution is 2.16. The third-order valence-corrected chi connectivity index (χ3v) is 2.82. The number of nitrogens with two attached hydrogens (primary N) is 1. The summed E-state index contributed by atoms with van der Waals surface area (Å²) in [6, 6.07) is 2.57. The number of nitrogens with zero attached hydrogens (tertiary/aromatic N) is 3. The Morgan fingerprint density at radius 1 is 1.41 bits per heavy atom. The maximum atomic E-state index is 12.7. The Balaban J connectivity index is 2.94. The zero-order valence-corrected chi connectivity index (χ0v) is 10.4. The molecule has 0 bridgehead atoms. The summed E-state index contributed by atoms with van der Waals surface area (Å²) in [4.78, 5) is 17.6. The normalized spacial score (nSPS) is 11.7. The first-order chi connectivity index (χ1) is 7.76. The van der Waals surface area contributed by atoms with Gasteiger partial charge in [0, 0.05) is 0 Å². The maximum absolute atomic E-state index is 12.7. The highest BCUT2D eigenvalue weighted by molar-refractivity contribution is 5.97. The SMILES string of the molecule is CN(C)C(C)(C)C(=O)N(N)c1ccc(F)cn1. The fourth-order valence-electron chi connectivity index (χ4n) is 1.10. The standard InChI is InChI=1S/C11H17FN4O/c1-11(2,15(3)4)10(17)16(13)9-6-5-8(12)7-14-9/h5-7H,13H2,1-4H3. The molecule has 94 valence electrons. The lowest BCUT2D eigenvalue weighted by Crippen LogP contribution is -2.56. The van der Waals surface area contributed by atoms with Crippen LogP contribution < -0.4 is 10.9 Å². The molecular weight excluding hydrogens is 223 g/mol. The first kappa shape index (κ1) is 13.5. The van der Waals surface area contributed by atoms with E-state index in [4.69, 9.17) is 5.84 Å². The van der Waals surface area contributed by atoms with Gasteiger partial charge in [-0.15, -0.1) is 0 Å². The molecule has 0 aliphatic heterocycles. The van der Waals surface area contributed by atoms with Crippen molar-refractivity contribution in [2.24, 2.45) is 5.84 Å². The first-order valence-corrected chi connectivity index (χ1v) is 5.15. The minimum atomic E-state index is -0.759. The van der Waals surface area contributed by atoms with Crippen molar-refractivity contribution in [1.29, 1.82) is 0 Å². The van der Waals surface area contributed by atoms with Gasteiger partial charge in [-0.05, 0) is 40.1 Å². The summed E-state index contributed by atoms with van der Waals surface area (Å²) in [5.74, 6) is 5.11. The van der Waals surface area contributed by atoms with E-state index in [-0.39, 0.29) is 11.7 Å². The van der Waals surface area contributed by atoms with E-state index in [2.05, 4.69) is 4.98 Å². The van der Waals surface area contributed by atoms with Gasteiger partial charge in [0.1, 0.15) is 11.6 Å². The van der Waals surface area contributed by atoms with Gasteiger partial charge in [0.2, 0.25) is 0 Å². The number of likely N-dealkylation sites (N-methyl/N-ethyl adjacent to an activating group) is 1. The molecule has 0 saturated heterocycles. The molecule has 0 aromatic carbocycles. The Hall–Kier alpha value is -1.53. The van der Waals surface area contributed by atoms with Crippen LogP contribution in [0.25, 0.3) is 0 Å². The van der Waals surface area contributed by atoms with Gasteiger partial charge in [-0.25, -0.2) is 20.2 Å². The molecule has 0 fully saturated rings. The molecule has 1 heterocycles. The number of anilines is 1. The van der Waals surface area contributed by atoms with E-state index in [9.17, 15) is 9.18 Å². The lowest BCUT2D eigenvalue weighted by molar-refractivity contribution is -0.127. The molecule has 1 rings (SSSR count). The number of hydrogen-bond acceptors (Lipinski definition) is 4. The third kappa shape index (κ3) is 2.78. The van der Waals surface area contributed by atoms with Crippen molar-refractivity contribution in [3.63, 3.8) is 0 Å². The van der Waals surface area contributed by atoms with Crippen LogP contribution in [0.5, 0.6) is 0 Å². The Morgan fingerprint density at radius 3 is 2.41 bits per heavy atom. The fraction of sp³-hybridized carbons (Fsp3) is 0.455. The average molecular weight is 240 g/mol. The van der Waals surface area contributed by atoms with Gasteiger partial charge in [-0.2, -0.15) is 0 Å². The molecule has 0 spiro atoms. The largest absolute Gasteiger partial charge is 0.296 e. The second-order valence-corrected chi connectivity index (χ2v) is 4.46. The predicted molar refractivity (Wildman–Crippen MR) is 63.6 cm³/mol. The number of aromatic nitrogens is 1. The Kier molecular flexibility index (Phi) is 3.79. The number of pyridine rings is 1. The molecule has 1 amide bonds. The van der Waals surface area contributed by atoms with E-state index in [1.165, 1.54) is 12.1 Å². The van der Waals surface area contributed by atoms with E-state index < -0.39 is 11.4 Å². The summed E-state index contributed by atoms with van der Waals surface area (Å²) < 4.78 is 12.7. The molecule has 0 aliphatic carbocycles. The number of carbonyl (C=O) groups is 1. The number of hydrogen-bond donors (Lipinski definition) is 1. The smallest absolute Gasteiger partial charge is 0.262 e. The Morgan fingerprint density at radius 2 is 2.00 bits per heavy atom. The summed E-state index contributed by atoms with van der Waals surface area (Å²) >= 11 is 0. The van der Waals surface area contributed by atoms with E-state index in [0.29, 0.717) is 0 Å². The van der Waals surface area contributed by atoms with Crippen LogP contribution in [0.4, 0.5) is 10.2 Å². The summed E-state index contributed by atoms with van der Waals surface area (Å²) in [6.45, 7) is 3.50. The van der Waals surface area contributed by atoms with Crippen LogP contribution in [-0.2, 0) is 4.79 Å². The number of carbonyl (C=O) groups excluding carboxylic acids is 1. The van der Waals surface area contributed by atoms with Crippen molar-refractivity contribution in [3.8, 4) is 0 Å². The van der Waals surface area contributed by atoms with Crippen LogP contribution in [0.3, 0.4) is 0 Å². The van der Waals surface area contributed by atoms with Crippen LogP contribution >= 0.6 is 0 Å². The van der Waals surface area contributed by atoms with Gasteiger partial charge < -0.3 is 0 Å². The number of amides is 1. The zero-order chi connectivity index (χ0) is 13.2. The molecule has 0 atom stereocenters. The molecule has 1 aromatic heterocycles. The van der Waals surface area contributed by atoms with Gasteiger partial charge in [0.05, 0.1) is 11.7 Å². The zero-order valence-electron chi connectivity index (χ0n) is 10.4. The Labute approximate surface area is 100.0 Å². The van der Waals surface area contributed by atoms with E-state index in [1.54, 1.807) is 32.8 Å². The summed E-state index contributed by atoms with van der Waals surface area (Å²) in [7, 11) is 3.56. The second-order valence-electron chi connectivity index (χ2n) is 4.46. The van der Waals surface area contributed by atoms with Crippen molar-refractivity contribution >= 4 is 11.7 Å². The summed E-state index contributed by atoms with van der Waals surface area (Å²) in [5, 5.41) is 0.930. The molecule has 1 aromatic rings. The highest BCUT2D eigenvalue weighted by Gasteiger charge is 2.34. The number of rotatable bonds is 3. The van der Waals surface area contributed by atoms with E-state index in [0.717, 1.165) is 11.2 Å². The number of hydrazine groups is 1. The summed E-state index contributed by atoms with van der Waals surface area (Å²) in [5.41, 5.74) is -0.759. The van der Waals surface area contributed by atoms with Crippen molar-refractivity contribution < 1.29 is 9.18 Å². The van der Waals surface area contributed by atoms with Crippen LogP contribution in [0.1, 0.15) is 13.8 Å².